The second-order valence-electron chi connectivity index (χ2n) is 5.49. The molecule has 8 heteroatoms. The maximum absolute atomic E-state index is 13.8. The summed E-state index contributed by atoms with van der Waals surface area (Å²) in [4.78, 5) is 24.3. The van der Waals surface area contributed by atoms with E-state index in [0.717, 1.165) is 6.07 Å². The highest BCUT2D eigenvalue weighted by molar-refractivity contribution is 6.14. The fourth-order valence-electron chi connectivity index (χ4n) is 2.59. The molecule has 0 atom stereocenters. The van der Waals surface area contributed by atoms with Gasteiger partial charge in [-0.3, -0.25) is 14.2 Å². The third kappa shape index (κ3) is 2.90. The number of carbonyl (C=O) groups is 2. The predicted molar refractivity (Wildman–Crippen MR) is 89.1 cm³/mol. The van der Waals surface area contributed by atoms with Crippen molar-refractivity contribution in [2.24, 2.45) is 0 Å². The Morgan fingerprint density at radius 1 is 1.08 bits per heavy atom. The zero-order valence-electron chi connectivity index (χ0n) is 13.8. The number of benzene rings is 2. The van der Waals surface area contributed by atoms with Crippen LogP contribution >= 0.6 is 0 Å². The molecule has 0 aliphatic heterocycles. The van der Waals surface area contributed by atoms with E-state index < -0.39 is 29.0 Å². The van der Waals surface area contributed by atoms with Gasteiger partial charge < -0.3 is 10.1 Å². The summed E-state index contributed by atoms with van der Waals surface area (Å²) in [6.45, 7) is 1.32. The van der Waals surface area contributed by atoms with E-state index >= 15 is 0 Å². The quantitative estimate of drug-likeness (QED) is 0.717. The lowest BCUT2D eigenvalue weighted by Gasteiger charge is -2.07. The molecular formula is C18H13F3N2O3. The van der Waals surface area contributed by atoms with Crippen LogP contribution in [0.5, 0.6) is 5.75 Å². The van der Waals surface area contributed by atoms with Crippen LogP contribution in [0.1, 0.15) is 22.1 Å². The van der Waals surface area contributed by atoms with E-state index in [2.05, 4.69) is 5.32 Å². The van der Waals surface area contributed by atoms with Crippen molar-refractivity contribution in [2.75, 3.05) is 12.4 Å². The molecule has 1 aromatic heterocycles. The van der Waals surface area contributed by atoms with Crippen molar-refractivity contribution < 1.29 is 27.5 Å². The number of hydrogen-bond acceptors (Lipinski definition) is 3. The summed E-state index contributed by atoms with van der Waals surface area (Å²) in [5, 5.41) is 2.58. The van der Waals surface area contributed by atoms with Crippen molar-refractivity contribution in [3.05, 3.63) is 59.5 Å². The van der Waals surface area contributed by atoms with Crippen molar-refractivity contribution in [1.82, 2.24) is 4.57 Å². The number of methoxy groups -OCH3 is 1. The average Bonchev–Trinajstić information content (AvgIpc) is 3.01. The molecule has 0 unspecified atom stereocenters. The molecule has 0 radical (unpaired) electrons. The molecule has 0 aliphatic carbocycles. The van der Waals surface area contributed by atoms with Gasteiger partial charge in [0.25, 0.3) is 5.91 Å². The van der Waals surface area contributed by atoms with Gasteiger partial charge in [0.15, 0.2) is 17.5 Å². The molecule has 5 nitrogen and oxygen atoms in total. The van der Waals surface area contributed by atoms with Gasteiger partial charge in [-0.15, -0.1) is 0 Å². The number of anilines is 1. The van der Waals surface area contributed by atoms with Gasteiger partial charge in [0.1, 0.15) is 5.75 Å². The molecule has 0 bridgehead atoms. The minimum Gasteiger partial charge on any atom is -0.497 e. The topological polar surface area (TPSA) is 60.3 Å². The van der Waals surface area contributed by atoms with Gasteiger partial charge in [0.05, 0.1) is 23.9 Å². The van der Waals surface area contributed by atoms with E-state index in [-0.39, 0.29) is 11.5 Å². The lowest BCUT2D eigenvalue weighted by molar-refractivity contribution is 0.0941. The van der Waals surface area contributed by atoms with E-state index in [0.29, 0.717) is 22.7 Å². The molecule has 3 rings (SSSR count). The van der Waals surface area contributed by atoms with Crippen molar-refractivity contribution in [3.63, 3.8) is 0 Å². The lowest BCUT2D eigenvalue weighted by Crippen LogP contribution is -2.14. The van der Waals surface area contributed by atoms with E-state index in [9.17, 15) is 22.8 Å². The average molecular weight is 362 g/mol. The zero-order chi connectivity index (χ0) is 19.0. The van der Waals surface area contributed by atoms with Crippen LogP contribution in [-0.2, 0) is 0 Å². The third-order valence-electron chi connectivity index (χ3n) is 3.88. The summed E-state index contributed by atoms with van der Waals surface area (Å²) in [5.74, 6) is -5.22. The molecule has 26 heavy (non-hydrogen) atoms. The van der Waals surface area contributed by atoms with Crippen LogP contribution in [0.15, 0.2) is 36.5 Å². The number of amides is 1. The molecular weight excluding hydrogens is 349 g/mol. The van der Waals surface area contributed by atoms with Crippen LogP contribution in [0, 0.1) is 17.5 Å². The number of carbonyl (C=O) groups excluding carboxylic acids is 2. The Labute approximate surface area is 146 Å². The zero-order valence-corrected chi connectivity index (χ0v) is 13.8. The summed E-state index contributed by atoms with van der Waals surface area (Å²) < 4.78 is 46.5. The first kappa shape index (κ1) is 17.5. The minimum absolute atomic E-state index is 0.0539. The molecule has 134 valence electrons. The minimum atomic E-state index is -1.68. The fraction of sp³-hybridized carbons (Fsp3) is 0.111. The standard InChI is InChI=1S/C18H13F3N2O3/c1-9(24)23-8-12(11-7-10(26-2)3-6-15(11)23)18(25)22-14-5-4-13(19)16(20)17(14)21/h3-8H,1-2H3,(H,22,25). The van der Waals surface area contributed by atoms with Crippen molar-refractivity contribution in [3.8, 4) is 5.75 Å². The van der Waals surface area contributed by atoms with E-state index in [1.165, 1.54) is 24.8 Å². The van der Waals surface area contributed by atoms with Gasteiger partial charge in [-0.25, -0.2) is 13.2 Å². The molecule has 1 N–H and O–H groups in total. The number of rotatable bonds is 3. The molecule has 1 amide bonds. The second kappa shape index (κ2) is 6.55. The Morgan fingerprint density at radius 3 is 2.46 bits per heavy atom. The van der Waals surface area contributed by atoms with Gasteiger partial charge in [-0.1, -0.05) is 0 Å². The van der Waals surface area contributed by atoms with Crippen LogP contribution in [0.2, 0.25) is 0 Å². The summed E-state index contributed by atoms with van der Waals surface area (Å²) in [5.41, 5.74) is -0.00652. The van der Waals surface area contributed by atoms with Gasteiger partial charge in [0.2, 0.25) is 5.91 Å². The van der Waals surface area contributed by atoms with Gasteiger partial charge in [-0.2, -0.15) is 0 Å². The third-order valence-corrected chi connectivity index (χ3v) is 3.88. The van der Waals surface area contributed by atoms with E-state index in [1.54, 1.807) is 18.2 Å². The fourth-order valence-corrected chi connectivity index (χ4v) is 2.59. The first-order valence-electron chi connectivity index (χ1n) is 7.48. The Hall–Kier alpha value is -3.29. The Kier molecular flexibility index (Phi) is 4.41. The van der Waals surface area contributed by atoms with E-state index in [1.807, 2.05) is 0 Å². The maximum atomic E-state index is 13.8. The number of hydrogen-bond donors (Lipinski definition) is 1. The number of aromatic nitrogens is 1. The van der Waals surface area contributed by atoms with Crippen LogP contribution in [0.4, 0.5) is 18.9 Å². The first-order chi connectivity index (χ1) is 12.3. The van der Waals surface area contributed by atoms with Crippen LogP contribution in [0.3, 0.4) is 0 Å². The SMILES string of the molecule is COc1ccc2c(c1)c(C(=O)Nc1ccc(F)c(F)c1F)cn2C(C)=O. The summed E-state index contributed by atoms with van der Waals surface area (Å²) >= 11 is 0. The van der Waals surface area contributed by atoms with Gasteiger partial charge >= 0.3 is 0 Å². The number of ether oxygens (including phenoxy) is 1. The summed E-state index contributed by atoms with van der Waals surface area (Å²) in [6, 6.07) is 6.39. The molecule has 0 fully saturated rings. The van der Waals surface area contributed by atoms with Crippen molar-refractivity contribution in [2.45, 2.75) is 6.92 Å². The molecule has 0 saturated heterocycles. The molecule has 1 heterocycles. The monoisotopic (exact) mass is 362 g/mol. The highest BCUT2D eigenvalue weighted by Gasteiger charge is 2.20. The first-order valence-corrected chi connectivity index (χ1v) is 7.48. The maximum Gasteiger partial charge on any atom is 0.257 e. The second-order valence-corrected chi connectivity index (χ2v) is 5.49. The van der Waals surface area contributed by atoms with Crippen molar-refractivity contribution in [1.29, 1.82) is 0 Å². The Morgan fingerprint density at radius 2 is 1.81 bits per heavy atom. The highest BCUT2D eigenvalue weighted by Crippen LogP contribution is 2.27. The number of halogens is 3. The molecule has 2 aromatic carbocycles. The number of fused-ring (bicyclic) bond motifs is 1. The Bertz CT molecular complexity index is 1040. The van der Waals surface area contributed by atoms with E-state index in [4.69, 9.17) is 4.74 Å². The summed E-state index contributed by atoms with van der Waals surface area (Å²) in [6.07, 6.45) is 1.29. The largest absolute Gasteiger partial charge is 0.497 e. The molecule has 3 aromatic rings. The van der Waals surface area contributed by atoms with Crippen LogP contribution < -0.4 is 10.1 Å². The van der Waals surface area contributed by atoms with Gasteiger partial charge in [0, 0.05) is 18.5 Å². The molecule has 0 spiro atoms. The van der Waals surface area contributed by atoms with Gasteiger partial charge in [-0.05, 0) is 30.3 Å². The molecule has 0 aliphatic rings. The summed E-state index contributed by atoms with van der Waals surface area (Å²) in [7, 11) is 1.44. The lowest BCUT2D eigenvalue weighted by atomic mass is 10.1. The van der Waals surface area contributed by atoms with Crippen LogP contribution in [-0.4, -0.2) is 23.5 Å². The number of nitrogens with zero attached hydrogens (tertiary/aromatic N) is 1. The predicted octanol–water partition coefficient (Wildman–Crippen LogP) is 3.98. The molecule has 0 saturated carbocycles. The van der Waals surface area contributed by atoms with Crippen LogP contribution in [0.25, 0.3) is 10.9 Å². The number of nitrogens with one attached hydrogen (secondary N) is 1. The Balaban J connectivity index is 2.08. The normalized spacial score (nSPS) is 10.8. The smallest absolute Gasteiger partial charge is 0.257 e. The van der Waals surface area contributed by atoms with Crippen molar-refractivity contribution >= 4 is 28.4 Å². The highest BCUT2D eigenvalue weighted by atomic mass is 19.2.